The van der Waals surface area contributed by atoms with Gasteiger partial charge in [-0.3, -0.25) is 4.40 Å². The van der Waals surface area contributed by atoms with Crippen LogP contribution in [0.2, 0.25) is 0 Å². The van der Waals surface area contributed by atoms with Crippen LogP contribution < -0.4 is 0 Å². The summed E-state index contributed by atoms with van der Waals surface area (Å²) in [5, 5.41) is 8.13. The van der Waals surface area contributed by atoms with E-state index in [0.29, 0.717) is 17.1 Å². The number of fused-ring (bicyclic) bond motifs is 1. The molecule has 0 bridgehead atoms. The monoisotopic (exact) mass is 261 g/mol. The molecule has 0 N–H and O–H groups in total. The lowest BCUT2D eigenvalue weighted by Gasteiger charge is -2.07. The molecule has 5 heteroatoms. The highest BCUT2D eigenvalue weighted by atomic mass is 16.5. The zero-order chi connectivity index (χ0) is 14.0. The first-order chi connectivity index (χ1) is 9.20. The van der Waals surface area contributed by atoms with E-state index in [4.69, 9.17) is 4.74 Å². The Morgan fingerprint density at radius 2 is 2.00 bits per heavy atom. The Balaban J connectivity index is 0.000000637. The van der Waals surface area contributed by atoms with Crippen LogP contribution in [0.4, 0.5) is 0 Å². The zero-order valence-corrected chi connectivity index (χ0v) is 11.8. The van der Waals surface area contributed by atoms with Gasteiger partial charge in [-0.25, -0.2) is 4.79 Å². The first-order valence-electron chi connectivity index (χ1n) is 6.64. The summed E-state index contributed by atoms with van der Waals surface area (Å²) in [7, 11) is 1.39. The quantitative estimate of drug-likeness (QED) is 0.780. The van der Waals surface area contributed by atoms with Crippen LogP contribution in [-0.2, 0) is 4.74 Å². The second-order valence-corrected chi connectivity index (χ2v) is 4.38. The minimum Gasteiger partial charge on any atom is -0.465 e. The van der Waals surface area contributed by atoms with Crippen molar-refractivity contribution in [2.75, 3.05) is 7.11 Å². The Morgan fingerprint density at radius 1 is 1.32 bits per heavy atom. The fourth-order valence-corrected chi connectivity index (χ4v) is 2.11. The lowest BCUT2D eigenvalue weighted by atomic mass is 10.1. The van der Waals surface area contributed by atoms with E-state index < -0.39 is 0 Å². The predicted molar refractivity (Wildman–Crippen MR) is 72.4 cm³/mol. The van der Waals surface area contributed by atoms with Crippen molar-refractivity contribution in [3.63, 3.8) is 0 Å². The van der Waals surface area contributed by atoms with Crippen LogP contribution >= 0.6 is 0 Å². The summed E-state index contributed by atoms with van der Waals surface area (Å²) in [6.07, 6.45) is 2.33. The first-order valence-corrected chi connectivity index (χ1v) is 6.64. The van der Waals surface area contributed by atoms with E-state index in [1.165, 1.54) is 7.11 Å². The molecule has 0 saturated heterocycles. The molecule has 0 unspecified atom stereocenters. The summed E-state index contributed by atoms with van der Waals surface area (Å²) in [6.45, 7) is 5.92. The number of nitrogens with zero attached hydrogens (tertiary/aromatic N) is 3. The maximum absolute atomic E-state index is 11.6. The van der Waals surface area contributed by atoms with Crippen molar-refractivity contribution < 1.29 is 9.53 Å². The number of aryl methyl sites for hydroxylation is 1. The maximum Gasteiger partial charge on any atom is 0.338 e. The molecule has 0 aliphatic heterocycles. The van der Waals surface area contributed by atoms with Crippen LogP contribution in [0.1, 0.15) is 54.5 Å². The van der Waals surface area contributed by atoms with Crippen LogP contribution in [0.5, 0.6) is 0 Å². The third-order valence-electron chi connectivity index (χ3n) is 3.11. The van der Waals surface area contributed by atoms with Crippen LogP contribution in [0.15, 0.2) is 12.1 Å². The van der Waals surface area contributed by atoms with Gasteiger partial charge in [-0.2, -0.15) is 0 Å². The van der Waals surface area contributed by atoms with Gasteiger partial charge in [0.15, 0.2) is 5.65 Å². The maximum atomic E-state index is 11.6. The van der Waals surface area contributed by atoms with Crippen molar-refractivity contribution in [1.82, 2.24) is 14.6 Å². The average Bonchev–Trinajstić information content (AvgIpc) is 3.24. The van der Waals surface area contributed by atoms with Gasteiger partial charge in [-0.15, -0.1) is 10.2 Å². The molecule has 0 aromatic carbocycles. The third-order valence-corrected chi connectivity index (χ3v) is 3.11. The highest BCUT2D eigenvalue weighted by molar-refractivity contribution is 5.90. The Labute approximate surface area is 112 Å². The summed E-state index contributed by atoms with van der Waals surface area (Å²) in [6, 6.07) is 3.62. The van der Waals surface area contributed by atoms with E-state index in [1.807, 2.05) is 31.2 Å². The second kappa shape index (κ2) is 5.38. The summed E-state index contributed by atoms with van der Waals surface area (Å²) in [4.78, 5) is 11.6. The lowest BCUT2D eigenvalue weighted by molar-refractivity contribution is 0.0600. The van der Waals surface area contributed by atoms with Gasteiger partial charge in [0, 0.05) is 5.69 Å². The molecule has 3 rings (SSSR count). The standard InChI is InChI=1S/C12H13N3O2.C2H6/c1-7-13-14-11-6-9(12(16)17-2)5-10(15(7)11)8-3-4-8;1-2/h5-6,8H,3-4H2,1-2H3;1-2H3. The van der Waals surface area contributed by atoms with Crippen LogP contribution in [0.3, 0.4) is 0 Å². The van der Waals surface area contributed by atoms with Crippen molar-refractivity contribution in [3.8, 4) is 0 Å². The summed E-state index contributed by atoms with van der Waals surface area (Å²) in [5.41, 5.74) is 2.38. The molecule has 0 radical (unpaired) electrons. The van der Waals surface area contributed by atoms with Crippen molar-refractivity contribution in [1.29, 1.82) is 0 Å². The number of carbonyl (C=O) groups is 1. The van der Waals surface area contributed by atoms with E-state index in [9.17, 15) is 4.79 Å². The van der Waals surface area contributed by atoms with Crippen molar-refractivity contribution in [2.45, 2.75) is 39.5 Å². The molecule has 5 nitrogen and oxygen atoms in total. The molecule has 2 aromatic rings. The Hall–Kier alpha value is -1.91. The van der Waals surface area contributed by atoms with Crippen molar-refractivity contribution in [2.24, 2.45) is 0 Å². The lowest BCUT2D eigenvalue weighted by Crippen LogP contribution is -2.06. The Kier molecular flexibility index (Phi) is 3.83. The zero-order valence-electron chi connectivity index (χ0n) is 11.8. The van der Waals surface area contributed by atoms with E-state index in [-0.39, 0.29) is 5.97 Å². The van der Waals surface area contributed by atoms with Gasteiger partial charge in [-0.05, 0) is 37.8 Å². The van der Waals surface area contributed by atoms with E-state index >= 15 is 0 Å². The fourth-order valence-electron chi connectivity index (χ4n) is 2.11. The number of aromatic nitrogens is 3. The van der Waals surface area contributed by atoms with Gasteiger partial charge in [0.1, 0.15) is 5.82 Å². The molecule has 19 heavy (non-hydrogen) atoms. The number of pyridine rings is 1. The molecule has 102 valence electrons. The molecular formula is C14H19N3O2. The minimum atomic E-state index is -0.324. The number of carbonyl (C=O) groups excluding carboxylic acids is 1. The van der Waals surface area contributed by atoms with Gasteiger partial charge in [-0.1, -0.05) is 13.8 Å². The molecule has 1 aliphatic carbocycles. The molecule has 1 saturated carbocycles. The molecule has 2 heterocycles. The van der Waals surface area contributed by atoms with E-state index in [2.05, 4.69) is 10.2 Å². The summed E-state index contributed by atoms with van der Waals surface area (Å²) < 4.78 is 6.77. The number of methoxy groups -OCH3 is 1. The molecule has 2 aromatic heterocycles. The first kappa shape index (κ1) is 13.5. The Morgan fingerprint density at radius 3 is 2.58 bits per heavy atom. The summed E-state index contributed by atoms with van der Waals surface area (Å²) >= 11 is 0. The number of ether oxygens (including phenoxy) is 1. The highest BCUT2D eigenvalue weighted by Crippen LogP contribution is 2.40. The molecule has 1 fully saturated rings. The molecule has 0 spiro atoms. The largest absolute Gasteiger partial charge is 0.465 e. The van der Waals surface area contributed by atoms with E-state index in [0.717, 1.165) is 24.4 Å². The fraction of sp³-hybridized carbons (Fsp3) is 0.500. The SMILES string of the molecule is CC.COC(=O)c1cc(C2CC2)n2c(C)nnc2c1. The van der Waals surface area contributed by atoms with E-state index in [1.54, 1.807) is 6.07 Å². The van der Waals surface area contributed by atoms with Crippen LogP contribution in [0.25, 0.3) is 5.65 Å². The normalized spacial score (nSPS) is 13.9. The number of esters is 1. The molecule has 0 amide bonds. The number of hydrogen-bond acceptors (Lipinski definition) is 4. The Bertz CT molecular complexity index is 600. The van der Waals surface area contributed by atoms with Crippen molar-refractivity contribution in [3.05, 3.63) is 29.2 Å². The third kappa shape index (κ3) is 2.45. The molecule has 0 atom stereocenters. The second-order valence-electron chi connectivity index (χ2n) is 4.38. The van der Waals surface area contributed by atoms with Gasteiger partial charge >= 0.3 is 5.97 Å². The predicted octanol–water partition coefficient (Wildman–Crippen LogP) is 2.73. The topological polar surface area (TPSA) is 56.5 Å². The molecule has 1 aliphatic rings. The van der Waals surface area contributed by atoms with Crippen LogP contribution in [0, 0.1) is 6.92 Å². The molecular weight excluding hydrogens is 242 g/mol. The van der Waals surface area contributed by atoms with Gasteiger partial charge in [0.05, 0.1) is 12.7 Å². The van der Waals surface area contributed by atoms with Crippen molar-refractivity contribution >= 4 is 11.6 Å². The van der Waals surface area contributed by atoms with Gasteiger partial charge in [0.25, 0.3) is 0 Å². The highest BCUT2D eigenvalue weighted by Gasteiger charge is 2.28. The van der Waals surface area contributed by atoms with Crippen LogP contribution in [-0.4, -0.2) is 27.7 Å². The number of rotatable bonds is 2. The minimum absolute atomic E-state index is 0.324. The number of hydrogen-bond donors (Lipinski definition) is 0. The summed E-state index contributed by atoms with van der Waals surface area (Å²) in [5.74, 6) is 1.06. The smallest absolute Gasteiger partial charge is 0.338 e. The average molecular weight is 261 g/mol. The van der Waals surface area contributed by atoms with Gasteiger partial charge < -0.3 is 4.74 Å². The van der Waals surface area contributed by atoms with Gasteiger partial charge in [0.2, 0.25) is 0 Å².